The number of carbonyl (C=O) groups excluding carboxylic acids is 1. The topological polar surface area (TPSA) is 38.3 Å². The van der Waals surface area contributed by atoms with E-state index in [-0.39, 0.29) is 17.6 Å². The molecule has 1 aliphatic rings. The van der Waals surface area contributed by atoms with Crippen LogP contribution in [0.1, 0.15) is 29.3 Å². The Kier molecular flexibility index (Phi) is 4.51. The minimum atomic E-state index is -4.83. The lowest BCUT2D eigenvalue weighted by molar-refractivity contribution is -0.140. The van der Waals surface area contributed by atoms with Gasteiger partial charge in [-0.25, -0.2) is 4.39 Å². The van der Waals surface area contributed by atoms with Gasteiger partial charge in [0.15, 0.2) is 0 Å². The van der Waals surface area contributed by atoms with Crippen LogP contribution < -0.4 is 5.32 Å². The molecule has 0 saturated carbocycles. The fraction of sp³-hybridized carbons (Fsp3) is 0.500. The van der Waals surface area contributed by atoms with Crippen LogP contribution in [-0.4, -0.2) is 25.2 Å². The first-order chi connectivity index (χ1) is 9.79. The minimum Gasteiger partial charge on any atom is -0.378 e. The second kappa shape index (κ2) is 6.01. The van der Waals surface area contributed by atoms with Gasteiger partial charge in [0.2, 0.25) is 0 Å². The van der Waals surface area contributed by atoms with Gasteiger partial charge in [-0.15, -0.1) is 0 Å². The Hall–Kier alpha value is -1.63. The summed E-state index contributed by atoms with van der Waals surface area (Å²) in [6, 6.07) is 2.22. The van der Waals surface area contributed by atoms with Gasteiger partial charge in [-0.05, 0) is 31.5 Å². The molecule has 2 atom stereocenters. The van der Waals surface area contributed by atoms with Gasteiger partial charge in [0.05, 0.1) is 11.7 Å². The normalized spacial score (nSPS) is 22.3. The molecule has 0 aromatic heterocycles. The van der Waals surface area contributed by atoms with Crippen LogP contribution in [-0.2, 0) is 10.9 Å². The van der Waals surface area contributed by atoms with E-state index >= 15 is 0 Å². The highest BCUT2D eigenvalue weighted by atomic mass is 19.4. The van der Waals surface area contributed by atoms with E-state index in [1.165, 1.54) is 0 Å². The van der Waals surface area contributed by atoms with E-state index in [4.69, 9.17) is 4.74 Å². The van der Waals surface area contributed by atoms with Gasteiger partial charge in [0, 0.05) is 24.6 Å². The molecule has 1 aromatic rings. The maximum atomic E-state index is 13.1. The van der Waals surface area contributed by atoms with Gasteiger partial charge < -0.3 is 10.1 Å². The molecule has 1 amide bonds. The number of halogens is 4. The van der Waals surface area contributed by atoms with Crippen molar-refractivity contribution >= 4 is 5.91 Å². The van der Waals surface area contributed by atoms with E-state index in [9.17, 15) is 22.4 Å². The van der Waals surface area contributed by atoms with Gasteiger partial charge in [-0.1, -0.05) is 0 Å². The number of hydrogen-bond donors (Lipinski definition) is 1. The van der Waals surface area contributed by atoms with E-state index < -0.39 is 23.5 Å². The molecule has 1 fully saturated rings. The van der Waals surface area contributed by atoms with E-state index in [1.807, 2.05) is 6.92 Å². The Balaban J connectivity index is 2.06. The average Bonchev–Trinajstić information content (AvgIpc) is 2.80. The second-order valence-corrected chi connectivity index (χ2v) is 5.03. The summed E-state index contributed by atoms with van der Waals surface area (Å²) in [5, 5.41) is 2.56. The summed E-state index contributed by atoms with van der Waals surface area (Å²) < 4.78 is 56.2. The SMILES string of the molecule is CC1OCCC1CNC(=O)c1ccc(F)c(C(F)(F)F)c1. The van der Waals surface area contributed by atoms with Gasteiger partial charge in [-0.2, -0.15) is 13.2 Å². The van der Waals surface area contributed by atoms with Crippen LogP contribution in [0.5, 0.6) is 0 Å². The molecule has 0 aliphatic carbocycles. The summed E-state index contributed by atoms with van der Waals surface area (Å²) >= 11 is 0. The van der Waals surface area contributed by atoms with Gasteiger partial charge >= 0.3 is 6.18 Å². The fourth-order valence-corrected chi connectivity index (χ4v) is 2.25. The molecule has 1 N–H and O–H groups in total. The van der Waals surface area contributed by atoms with Crippen molar-refractivity contribution in [2.24, 2.45) is 5.92 Å². The van der Waals surface area contributed by atoms with Crippen molar-refractivity contribution in [2.75, 3.05) is 13.2 Å². The minimum absolute atomic E-state index is 0.00394. The van der Waals surface area contributed by atoms with Crippen LogP contribution >= 0.6 is 0 Å². The summed E-state index contributed by atoms with van der Waals surface area (Å²) in [4.78, 5) is 11.9. The monoisotopic (exact) mass is 305 g/mol. The molecule has 1 aliphatic heterocycles. The third-order valence-corrected chi connectivity index (χ3v) is 3.59. The summed E-state index contributed by atoms with van der Waals surface area (Å²) in [5.41, 5.74) is -1.65. The Morgan fingerprint density at radius 1 is 1.43 bits per heavy atom. The van der Waals surface area contributed by atoms with E-state index in [2.05, 4.69) is 5.32 Å². The summed E-state index contributed by atoms with van der Waals surface area (Å²) in [5.74, 6) is -1.91. The molecule has 1 heterocycles. The molecule has 21 heavy (non-hydrogen) atoms. The molecular formula is C14H15F4NO2. The summed E-state index contributed by atoms with van der Waals surface area (Å²) in [6.45, 7) is 2.80. The Bertz CT molecular complexity index is 530. The molecule has 2 rings (SSSR count). The predicted octanol–water partition coefficient (Wildman–Crippen LogP) is 3.00. The van der Waals surface area contributed by atoms with Crippen LogP contribution in [0.25, 0.3) is 0 Å². The number of benzene rings is 1. The van der Waals surface area contributed by atoms with Crippen molar-refractivity contribution in [1.82, 2.24) is 5.32 Å². The largest absolute Gasteiger partial charge is 0.419 e. The first-order valence-corrected chi connectivity index (χ1v) is 6.55. The van der Waals surface area contributed by atoms with Crippen molar-refractivity contribution < 1.29 is 27.1 Å². The summed E-state index contributed by atoms with van der Waals surface area (Å²) in [7, 11) is 0. The average molecular weight is 305 g/mol. The number of rotatable bonds is 3. The molecular weight excluding hydrogens is 290 g/mol. The zero-order valence-corrected chi connectivity index (χ0v) is 11.3. The molecule has 7 heteroatoms. The maximum Gasteiger partial charge on any atom is 0.419 e. The Labute approximate surface area is 119 Å². The highest BCUT2D eigenvalue weighted by molar-refractivity contribution is 5.94. The van der Waals surface area contributed by atoms with E-state index in [1.54, 1.807) is 0 Å². The number of amides is 1. The number of hydrogen-bond acceptors (Lipinski definition) is 2. The fourth-order valence-electron chi connectivity index (χ4n) is 2.25. The molecule has 0 bridgehead atoms. The second-order valence-electron chi connectivity index (χ2n) is 5.03. The van der Waals surface area contributed by atoms with Gasteiger partial charge in [-0.3, -0.25) is 4.79 Å². The lowest BCUT2D eigenvalue weighted by atomic mass is 10.0. The lowest BCUT2D eigenvalue weighted by Crippen LogP contribution is -2.32. The maximum absolute atomic E-state index is 13.1. The predicted molar refractivity (Wildman–Crippen MR) is 67.3 cm³/mol. The van der Waals surface area contributed by atoms with Crippen molar-refractivity contribution in [3.63, 3.8) is 0 Å². The first kappa shape index (κ1) is 15.8. The Morgan fingerprint density at radius 3 is 2.71 bits per heavy atom. The Morgan fingerprint density at radius 2 is 2.14 bits per heavy atom. The van der Waals surface area contributed by atoms with Crippen molar-refractivity contribution in [2.45, 2.75) is 25.6 Å². The number of ether oxygens (including phenoxy) is 1. The zero-order chi connectivity index (χ0) is 15.6. The molecule has 0 spiro atoms. The standard InChI is InChI=1S/C14H15F4NO2/c1-8-10(4-5-21-8)7-19-13(20)9-2-3-12(15)11(6-9)14(16,17)18/h2-3,6,8,10H,4-5,7H2,1H3,(H,19,20). The zero-order valence-electron chi connectivity index (χ0n) is 11.3. The number of carbonyl (C=O) groups is 1. The third-order valence-electron chi connectivity index (χ3n) is 3.59. The molecule has 2 unspecified atom stereocenters. The van der Waals surface area contributed by atoms with E-state index in [0.717, 1.165) is 12.5 Å². The van der Waals surface area contributed by atoms with Crippen LogP contribution in [0.2, 0.25) is 0 Å². The first-order valence-electron chi connectivity index (χ1n) is 6.55. The van der Waals surface area contributed by atoms with Crippen molar-refractivity contribution in [1.29, 1.82) is 0 Å². The molecule has 1 aromatic carbocycles. The van der Waals surface area contributed by atoms with E-state index in [0.29, 0.717) is 25.3 Å². The highest BCUT2D eigenvalue weighted by Gasteiger charge is 2.34. The van der Waals surface area contributed by atoms with Crippen LogP contribution in [0.3, 0.4) is 0 Å². The van der Waals surface area contributed by atoms with Crippen molar-refractivity contribution in [3.8, 4) is 0 Å². The molecule has 116 valence electrons. The van der Waals surface area contributed by atoms with Gasteiger partial charge in [0.1, 0.15) is 5.82 Å². The molecule has 1 saturated heterocycles. The number of nitrogens with one attached hydrogen (secondary N) is 1. The molecule has 3 nitrogen and oxygen atoms in total. The quantitative estimate of drug-likeness (QED) is 0.872. The van der Waals surface area contributed by atoms with Crippen LogP contribution in [0.15, 0.2) is 18.2 Å². The lowest BCUT2D eigenvalue weighted by Gasteiger charge is -2.15. The van der Waals surface area contributed by atoms with Crippen LogP contribution in [0, 0.1) is 11.7 Å². The third kappa shape index (κ3) is 3.72. The smallest absolute Gasteiger partial charge is 0.378 e. The van der Waals surface area contributed by atoms with Gasteiger partial charge in [0.25, 0.3) is 5.91 Å². The summed E-state index contributed by atoms with van der Waals surface area (Å²) in [6.07, 6.45) is -4.03. The highest BCUT2D eigenvalue weighted by Crippen LogP contribution is 2.31. The van der Waals surface area contributed by atoms with Crippen LogP contribution in [0.4, 0.5) is 17.6 Å². The van der Waals surface area contributed by atoms with Crippen molar-refractivity contribution in [3.05, 3.63) is 35.1 Å². The number of alkyl halides is 3. The molecule has 0 radical (unpaired) electrons.